The lowest BCUT2D eigenvalue weighted by Crippen LogP contribution is -2.29. The number of carbonyl (C=O) groups is 3. The van der Waals surface area contributed by atoms with Crippen molar-refractivity contribution in [2.24, 2.45) is 0 Å². The third-order valence-corrected chi connectivity index (χ3v) is 4.78. The van der Waals surface area contributed by atoms with Crippen LogP contribution in [0.5, 0.6) is 0 Å². The van der Waals surface area contributed by atoms with Gasteiger partial charge in [0, 0.05) is 25.7 Å². The highest BCUT2D eigenvalue weighted by Crippen LogP contribution is 2.24. The van der Waals surface area contributed by atoms with Crippen molar-refractivity contribution < 1.29 is 14.4 Å². The largest absolute Gasteiger partial charge is 0.337 e. The van der Waals surface area contributed by atoms with E-state index in [4.69, 9.17) is 0 Å². The molecule has 0 spiro atoms. The van der Waals surface area contributed by atoms with Gasteiger partial charge >= 0.3 is 0 Å². The predicted molar refractivity (Wildman–Crippen MR) is 104 cm³/mol. The van der Waals surface area contributed by atoms with Gasteiger partial charge in [0.2, 0.25) is 0 Å². The Morgan fingerprint density at radius 1 is 1.07 bits per heavy atom. The van der Waals surface area contributed by atoms with Crippen LogP contribution < -0.4 is 0 Å². The first-order chi connectivity index (χ1) is 12.8. The number of benzene rings is 2. The number of hydrogen-bond acceptors (Lipinski definition) is 3. The Morgan fingerprint density at radius 3 is 2.44 bits per heavy atom. The minimum atomic E-state index is -0.387. The van der Waals surface area contributed by atoms with Crippen molar-refractivity contribution in [2.45, 2.75) is 20.4 Å². The van der Waals surface area contributed by atoms with Crippen molar-refractivity contribution in [3.63, 3.8) is 0 Å². The summed E-state index contributed by atoms with van der Waals surface area (Å²) in [5.41, 5.74) is 4.37. The van der Waals surface area contributed by atoms with E-state index in [0.29, 0.717) is 17.7 Å². The number of amides is 3. The highest BCUT2D eigenvalue weighted by atomic mass is 16.2. The molecule has 1 aliphatic rings. The summed E-state index contributed by atoms with van der Waals surface area (Å²) in [5, 5.41) is 0. The third kappa shape index (κ3) is 3.40. The molecule has 3 rings (SSSR count). The van der Waals surface area contributed by atoms with Crippen LogP contribution in [0.1, 0.15) is 47.8 Å². The van der Waals surface area contributed by atoms with Crippen LogP contribution in [0.3, 0.4) is 0 Å². The molecule has 0 unspecified atom stereocenters. The fourth-order valence-electron chi connectivity index (χ4n) is 3.29. The van der Waals surface area contributed by atoms with Crippen LogP contribution in [0.2, 0.25) is 0 Å². The molecule has 0 saturated carbocycles. The molecule has 138 valence electrons. The van der Waals surface area contributed by atoms with Gasteiger partial charge in [-0.15, -0.1) is 6.58 Å². The smallest absolute Gasteiger partial charge is 0.261 e. The standard InChI is InChI=1S/C22H22N2O3/c1-5-10-24-21(26)18-9-8-16(12-19(18)22(24)27)20(25)23(4)13-17-7-6-14(2)11-15(17)3/h5-9,11-12H,1,10,13H2,2-4H3. The second-order valence-electron chi connectivity index (χ2n) is 6.86. The number of carbonyl (C=O) groups excluding carboxylic acids is 3. The maximum atomic E-state index is 12.8. The van der Waals surface area contributed by atoms with Gasteiger partial charge in [0.05, 0.1) is 11.1 Å². The van der Waals surface area contributed by atoms with Gasteiger partial charge in [-0.05, 0) is 43.2 Å². The van der Waals surface area contributed by atoms with Gasteiger partial charge in [0.15, 0.2) is 0 Å². The van der Waals surface area contributed by atoms with E-state index < -0.39 is 0 Å². The Labute approximate surface area is 158 Å². The molecular weight excluding hydrogens is 340 g/mol. The number of imide groups is 1. The molecule has 0 radical (unpaired) electrons. The normalized spacial score (nSPS) is 12.9. The zero-order valence-electron chi connectivity index (χ0n) is 15.8. The molecule has 0 bridgehead atoms. The Balaban J connectivity index is 1.83. The highest BCUT2D eigenvalue weighted by molar-refractivity contribution is 6.22. The third-order valence-electron chi connectivity index (χ3n) is 4.78. The first-order valence-corrected chi connectivity index (χ1v) is 8.76. The summed E-state index contributed by atoms with van der Waals surface area (Å²) in [6.07, 6.45) is 1.51. The lowest BCUT2D eigenvalue weighted by Gasteiger charge is -2.19. The summed E-state index contributed by atoms with van der Waals surface area (Å²) in [5.74, 6) is -0.931. The summed E-state index contributed by atoms with van der Waals surface area (Å²) in [7, 11) is 1.73. The minimum absolute atomic E-state index is 0.155. The molecular formula is C22H22N2O3. The van der Waals surface area contributed by atoms with E-state index in [9.17, 15) is 14.4 Å². The number of fused-ring (bicyclic) bond motifs is 1. The fourth-order valence-corrected chi connectivity index (χ4v) is 3.29. The molecule has 1 heterocycles. The van der Waals surface area contributed by atoms with Crippen molar-refractivity contribution in [3.8, 4) is 0 Å². The predicted octanol–water partition coefficient (Wildman–Crippen LogP) is 3.36. The number of rotatable bonds is 5. The van der Waals surface area contributed by atoms with Crippen LogP contribution in [0, 0.1) is 13.8 Å². The summed E-state index contributed by atoms with van der Waals surface area (Å²) in [6, 6.07) is 10.8. The number of nitrogens with zero attached hydrogens (tertiary/aromatic N) is 2. The Morgan fingerprint density at radius 2 is 1.78 bits per heavy atom. The summed E-state index contributed by atoms with van der Waals surface area (Å²) < 4.78 is 0. The summed E-state index contributed by atoms with van der Waals surface area (Å²) in [6.45, 7) is 8.25. The van der Waals surface area contributed by atoms with Crippen molar-refractivity contribution >= 4 is 17.7 Å². The van der Waals surface area contributed by atoms with Crippen LogP contribution in [-0.4, -0.2) is 41.1 Å². The average molecular weight is 362 g/mol. The average Bonchev–Trinajstić information content (AvgIpc) is 2.88. The molecule has 1 aliphatic heterocycles. The Kier molecular flexibility index (Phi) is 4.95. The second-order valence-corrected chi connectivity index (χ2v) is 6.86. The van der Waals surface area contributed by atoms with Crippen molar-refractivity contribution in [2.75, 3.05) is 13.6 Å². The van der Waals surface area contributed by atoms with Crippen LogP contribution in [0.15, 0.2) is 49.1 Å². The first-order valence-electron chi connectivity index (χ1n) is 8.76. The summed E-state index contributed by atoms with van der Waals surface area (Å²) in [4.78, 5) is 40.3. The van der Waals surface area contributed by atoms with Gasteiger partial charge in [-0.2, -0.15) is 0 Å². The van der Waals surface area contributed by atoms with E-state index in [2.05, 4.69) is 12.6 Å². The quantitative estimate of drug-likeness (QED) is 0.605. The van der Waals surface area contributed by atoms with E-state index in [1.165, 1.54) is 17.7 Å². The fraction of sp³-hybridized carbons (Fsp3) is 0.227. The zero-order chi connectivity index (χ0) is 19.7. The molecule has 0 aromatic heterocycles. The van der Waals surface area contributed by atoms with Crippen LogP contribution in [0.25, 0.3) is 0 Å². The highest BCUT2D eigenvalue weighted by Gasteiger charge is 2.35. The topological polar surface area (TPSA) is 57.7 Å². The van der Waals surface area contributed by atoms with Crippen molar-refractivity contribution in [1.29, 1.82) is 0 Å². The van der Waals surface area contributed by atoms with E-state index in [1.54, 1.807) is 24.1 Å². The molecule has 0 atom stereocenters. The Bertz CT molecular complexity index is 962. The lowest BCUT2D eigenvalue weighted by molar-refractivity contribution is 0.0671. The monoisotopic (exact) mass is 362 g/mol. The van der Waals surface area contributed by atoms with E-state index in [1.807, 2.05) is 26.0 Å². The van der Waals surface area contributed by atoms with E-state index >= 15 is 0 Å². The molecule has 0 fully saturated rings. The van der Waals surface area contributed by atoms with Gasteiger partial charge in [-0.25, -0.2) is 0 Å². The number of hydrogen-bond donors (Lipinski definition) is 0. The summed E-state index contributed by atoms with van der Waals surface area (Å²) >= 11 is 0. The van der Waals surface area contributed by atoms with Gasteiger partial charge in [-0.3, -0.25) is 19.3 Å². The van der Waals surface area contributed by atoms with Crippen LogP contribution in [0.4, 0.5) is 0 Å². The SMILES string of the molecule is C=CCN1C(=O)c2ccc(C(=O)N(C)Cc3ccc(C)cc3C)cc2C1=O. The molecule has 5 heteroatoms. The van der Waals surface area contributed by atoms with E-state index in [-0.39, 0.29) is 29.8 Å². The second kappa shape index (κ2) is 7.19. The van der Waals surface area contributed by atoms with Gasteiger partial charge in [-0.1, -0.05) is 29.8 Å². The maximum absolute atomic E-state index is 12.8. The Hall–Kier alpha value is -3.21. The van der Waals surface area contributed by atoms with Crippen molar-refractivity contribution in [3.05, 3.63) is 82.4 Å². The molecule has 0 saturated heterocycles. The van der Waals surface area contributed by atoms with Crippen LogP contribution in [-0.2, 0) is 6.54 Å². The molecule has 0 aliphatic carbocycles. The van der Waals surface area contributed by atoms with Gasteiger partial charge < -0.3 is 4.90 Å². The molecule has 27 heavy (non-hydrogen) atoms. The molecule has 2 aromatic carbocycles. The first kappa shape index (κ1) is 18.6. The van der Waals surface area contributed by atoms with E-state index in [0.717, 1.165) is 16.0 Å². The van der Waals surface area contributed by atoms with Gasteiger partial charge in [0.1, 0.15) is 0 Å². The van der Waals surface area contributed by atoms with Crippen LogP contribution >= 0.6 is 0 Å². The number of aryl methyl sites for hydroxylation is 2. The molecule has 5 nitrogen and oxygen atoms in total. The maximum Gasteiger partial charge on any atom is 0.261 e. The lowest BCUT2D eigenvalue weighted by atomic mass is 10.0. The zero-order valence-corrected chi connectivity index (χ0v) is 15.8. The minimum Gasteiger partial charge on any atom is -0.337 e. The molecule has 0 N–H and O–H groups in total. The van der Waals surface area contributed by atoms with Crippen molar-refractivity contribution in [1.82, 2.24) is 9.80 Å². The van der Waals surface area contributed by atoms with Gasteiger partial charge in [0.25, 0.3) is 17.7 Å². The molecule has 2 aromatic rings. The molecule has 3 amide bonds.